The van der Waals surface area contributed by atoms with Crippen LogP contribution in [0.2, 0.25) is 0 Å². The first-order valence-corrected chi connectivity index (χ1v) is 9.63. The van der Waals surface area contributed by atoms with Crippen LogP contribution >= 0.6 is 0 Å². The molecule has 0 saturated heterocycles. The summed E-state index contributed by atoms with van der Waals surface area (Å²) in [5, 5.41) is 12.5. The standard InChI is InChI=1S/C22H28N2O2.CH3NO/c1-17-9-10-18(14-22(17)26)5-2-3-7-20(11-12-24-16-25)21-8-4-6-19(13-21)15-23;2-1-3/h2,4-6,8-10,13-14,16,20,26H,3,7,11-12,15,23H2,1H3,(H,24,25);1H,(H2,2,3)/b5-2+;. The molecule has 0 fully saturated rings. The van der Waals surface area contributed by atoms with Crippen molar-refractivity contribution in [2.24, 2.45) is 11.5 Å². The lowest BCUT2D eigenvalue weighted by Crippen LogP contribution is -2.15. The van der Waals surface area contributed by atoms with Crippen LogP contribution in [0.3, 0.4) is 0 Å². The first-order chi connectivity index (χ1) is 14.0. The van der Waals surface area contributed by atoms with E-state index in [1.54, 1.807) is 6.07 Å². The summed E-state index contributed by atoms with van der Waals surface area (Å²) in [6.07, 6.45) is 7.98. The Hall–Kier alpha value is -3.12. The van der Waals surface area contributed by atoms with Crippen molar-refractivity contribution in [2.45, 2.75) is 38.6 Å². The lowest BCUT2D eigenvalue weighted by atomic mass is 9.90. The Bertz CT molecular complexity index is 791. The second-order valence-corrected chi connectivity index (χ2v) is 6.67. The molecule has 1 unspecified atom stereocenters. The second kappa shape index (κ2) is 14.0. The number of nitrogens with two attached hydrogens (primary N) is 2. The third-order valence-corrected chi connectivity index (χ3v) is 4.60. The van der Waals surface area contributed by atoms with Gasteiger partial charge in [0.15, 0.2) is 0 Å². The predicted octanol–water partition coefficient (Wildman–Crippen LogP) is 2.97. The summed E-state index contributed by atoms with van der Waals surface area (Å²) in [6, 6.07) is 14.1. The SMILES string of the molecule is Cc1ccc(/C=C/CCC(CCNC=O)c2cccc(CN)c2)cc1O.NC=O. The van der Waals surface area contributed by atoms with E-state index in [9.17, 15) is 9.90 Å². The fourth-order valence-electron chi connectivity index (χ4n) is 3.02. The van der Waals surface area contributed by atoms with Crippen molar-refractivity contribution in [2.75, 3.05) is 6.54 Å². The number of phenolic OH excluding ortho intramolecular Hbond substituents is 1. The highest BCUT2D eigenvalue weighted by atomic mass is 16.3. The van der Waals surface area contributed by atoms with Crippen molar-refractivity contribution in [3.63, 3.8) is 0 Å². The number of allylic oxidation sites excluding steroid dienone is 1. The highest BCUT2D eigenvalue weighted by molar-refractivity contribution is 5.53. The molecule has 0 aliphatic heterocycles. The fourth-order valence-corrected chi connectivity index (χ4v) is 3.02. The Morgan fingerprint density at radius 3 is 2.55 bits per heavy atom. The first-order valence-electron chi connectivity index (χ1n) is 9.63. The van der Waals surface area contributed by atoms with Crippen LogP contribution in [0.25, 0.3) is 6.08 Å². The fraction of sp³-hybridized carbons (Fsp3) is 0.304. The molecular weight excluding hydrogens is 366 g/mol. The lowest BCUT2D eigenvalue weighted by molar-refractivity contribution is -0.109. The van der Waals surface area contributed by atoms with Crippen molar-refractivity contribution in [1.29, 1.82) is 0 Å². The molecule has 6 nitrogen and oxygen atoms in total. The van der Waals surface area contributed by atoms with Crippen LogP contribution in [0.4, 0.5) is 0 Å². The van der Waals surface area contributed by atoms with E-state index in [1.165, 1.54) is 5.56 Å². The number of aryl methyl sites for hydroxylation is 1. The molecule has 0 aliphatic rings. The molecular formula is C23H31N3O3. The van der Waals surface area contributed by atoms with Crippen LogP contribution in [-0.4, -0.2) is 24.5 Å². The monoisotopic (exact) mass is 397 g/mol. The van der Waals surface area contributed by atoms with Gasteiger partial charge in [-0.1, -0.05) is 48.6 Å². The maximum atomic E-state index is 10.5. The predicted molar refractivity (Wildman–Crippen MR) is 117 cm³/mol. The van der Waals surface area contributed by atoms with Gasteiger partial charge < -0.3 is 21.9 Å². The summed E-state index contributed by atoms with van der Waals surface area (Å²) in [6.45, 7) is 3.08. The molecule has 0 heterocycles. The van der Waals surface area contributed by atoms with E-state index in [2.05, 4.69) is 29.3 Å². The molecule has 0 spiro atoms. The molecule has 0 bridgehead atoms. The van der Waals surface area contributed by atoms with Gasteiger partial charge in [-0.15, -0.1) is 0 Å². The third-order valence-electron chi connectivity index (χ3n) is 4.60. The van der Waals surface area contributed by atoms with Gasteiger partial charge in [-0.3, -0.25) is 9.59 Å². The highest BCUT2D eigenvalue weighted by Crippen LogP contribution is 2.26. The van der Waals surface area contributed by atoms with Crippen LogP contribution < -0.4 is 16.8 Å². The summed E-state index contributed by atoms with van der Waals surface area (Å²) in [5.74, 6) is 0.689. The van der Waals surface area contributed by atoms with Crippen LogP contribution in [0.15, 0.2) is 48.5 Å². The van der Waals surface area contributed by atoms with E-state index < -0.39 is 0 Å². The molecule has 29 heavy (non-hydrogen) atoms. The topological polar surface area (TPSA) is 118 Å². The number of hydrogen-bond acceptors (Lipinski definition) is 4. The van der Waals surface area contributed by atoms with Crippen molar-refractivity contribution >= 4 is 18.9 Å². The van der Waals surface area contributed by atoms with Crippen molar-refractivity contribution in [1.82, 2.24) is 5.32 Å². The summed E-state index contributed by atoms with van der Waals surface area (Å²) < 4.78 is 0. The molecule has 1 atom stereocenters. The number of rotatable bonds is 10. The van der Waals surface area contributed by atoms with Gasteiger partial charge in [0, 0.05) is 13.1 Å². The maximum Gasteiger partial charge on any atom is 0.207 e. The average molecular weight is 398 g/mol. The normalized spacial score (nSPS) is 11.4. The molecule has 0 aliphatic carbocycles. The quantitative estimate of drug-likeness (QED) is 0.364. The summed E-state index contributed by atoms with van der Waals surface area (Å²) in [7, 11) is 0. The molecule has 2 aromatic rings. The van der Waals surface area contributed by atoms with E-state index in [0.29, 0.717) is 24.8 Å². The van der Waals surface area contributed by atoms with Gasteiger partial charge in [0.25, 0.3) is 0 Å². The number of nitrogens with one attached hydrogen (secondary N) is 1. The Morgan fingerprint density at radius 2 is 1.90 bits per heavy atom. The summed E-state index contributed by atoms with van der Waals surface area (Å²) in [5.41, 5.74) is 14.2. The van der Waals surface area contributed by atoms with E-state index in [4.69, 9.17) is 10.5 Å². The van der Waals surface area contributed by atoms with Crippen LogP contribution in [0.1, 0.15) is 47.4 Å². The van der Waals surface area contributed by atoms with Crippen LogP contribution in [0.5, 0.6) is 5.75 Å². The Balaban J connectivity index is 0.00000132. The average Bonchev–Trinajstić information content (AvgIpc) is 2.73. The summed E-state index contributed by atoms with van der Waals surface area (Å²) in [4.78, 5) is 19.1. The Kier molecular flexibility index (Phi) is 11.5. The number of amides is 2. The van der Waals surface area contributed by atoms with Crippen LogP contribution in [-0.2, 0) is 16.1 Å². The van der Waals surface area contributed by atoms with E-state index in [0.717, 1.165) is 42.4 Å². The molecule has 0 saturated carbocycles. The zero-order valence-electron chi connectivity index (χ0n) is 16.9. The molecule has 0 radical (unpaired) electrons. The van der Waals surface area contributed by atoms with Gasteiger partial charge in [0.1, 0.15) is 5.75 Å². The van der Waals surface area contributed by atoms with Gasteiger partial charge in [-0.05, 0) is 60.4 Å². The number of phenols is 1. The molecule has 2 aromatic carbocycles. The molecule has 2 rings (SSSR count). The number of primary amides is 1. The molecule has 6 N–H and O–H groups in total. The molecule has 0 aromatic heterocycles. The zero-order valence-corrected chi connectivity index (χ0v) is 16.9. The lowest BCUT2D eigenvalue weighted by Gasteiger charge is -2.17. The number of benzene rings is 2. The molecule has 156 valence electrons. The van der Waals surface area contributed by atoms with E-state index >= 15 is 0 Å². The summed E-state index contributed by atoms with van der Waals surface area (Å²) >= 11 is 0. The largest absolute Gasteiger partial charge is 0.508 e. The zero-order chi connectivity index (χ0) is 21.5. The number of hydrogen-bond donors (Lipinski definition) is 4. The highest BCUT2D eigenvalue weighted by Gasteiger charge is 2.11. The van der Waals surface area contributed by atoms with Crippen LogP contribution in [0, 0.1) is 6.92 Å². The number of carbonyl (C=O) groups is 2. The molecule has 2 amide bonds. The van der Waals surface area contributed by atoms with E-state index in [-0.39, 0.29) is 6.41 Å². The Morgan fingerprint density at radius 1 is 1.14 bits per heavy atom. The minimum Gasteiger partial charge on any atom is -0.508 e. The van der Waals surface area contributed by atoms with Crippen molar-refractivity contribution < 1.29 is 14.7 Å². The number of aromatic hydroxyl groups is 1. The minimum atomic E-state index is 0.250. The smallest absolute Gasteiger partial charge is 0.207 e. The Labute approximate surface area is 172 Å². The van der Waals surface area contributed by atoms with Crippen molar-refractivity contribution in [3.8, 4) is 5.75 Å². The van der Waals surface area contributed by atoms with Gasteiger partial charge in [0.2, 0.25) is 12.8 Å². The third kappa shape index (κ3) is 9.08. The van der Waals surface area contributed by atoms with Gasteiger partial charge >= 0.3 is 0 Å². The number of carbonyl (C=O) groups excluding carboxylic acids is 2. The van der Waals surface area contributed by atoms with E-state index in [1.807, 2.05) is 37.3 Å². The van der Waals surface area contributed by atoms with Gasteiger partial charge in [0.05, 0.1) is 0 Å². The maximum absolute atomic E-state index is 10.5. The minimum absolute atomic E-state index is 0.250. The van der Waals surface area contributed by atoms with Crippen molar-refractivity contribution in [3.05, 3.63) is 70.8 Å². The first kappa shape index (κ1) is 23.9. The molecule has 6 heteroatoms. The second-order valence-electron chi connectivity index (χ2n) is 6.67. The van der Waals surface area contributed by atoms with Gasteiger partial charge in [-0.2, -0.15) is 0 Å². The van der Waals surface area contributed by atoms with Gasteiger partial charge in [-0.25, -0.2) is 0 Å².